The van der Waals surface area contributed by atoms with Gasteiger partial charge in [-0.25, -0.2) is 0 Å². The first-order valence-electron chi connectivity index (χ1n) is 8.63. The molecular formula is C20H15N7O2. The van der Waals surface area contributed by atoms with Crippen molar-refractivity contribution >= 4 is 11.6 Å². The summed E-state index contributed by atoms with van der Waals surface area (Å²) in [4.78, 5) is 20.7. The summed E-state index contributed by atoms with van der Waals surface area (Å²) in [5, 5.41) is 19.0. The van der Waals surface area contributed by atoms with Crippen LogP contribution in [-0.4, -0.2) is 43.4 Å². The van der Waals surface area contributed by atoms with E-state index in [1.807, 2.05) is 6.07 Å². The van der Waals surface area contributed by atoms with Gasteiger partial charge in [0.2, 0.25) is 11.6 Å². The molecule has 0 fully saturated rings. The van der Waals surface area contributed by atoms with E-state index in [2.05, 4.69) is 35.7 Å². The number of hydrogen-bond donors (Lipinski definition) is 1. The predicted molar refractivity (Wildman–Crippen MR) is 105 cm³/mol. The molecule has 1 aromatic carbocycles. The van der Waals surface area contributed by atoms with E-state index in [0.29, 0.717) is 34.2 Å². The van der Waals surface area contributed by atoms with Crippen LogP contribution >= 0.6 is 0 Å². The molecule has 1 N–H and O–H groups in total. The van der Waals surface area contributed by atoms with E-state index < -0.39 is 0 Å². The summed E-state index contributed by atoms with van der Waals surface area (Å²) in [6.07, 6.45) is 3.17. The van der Waals surface area contributed by atoms with Crippen LogP contribution in [0.25, 0.3) is 23.0 Å². The molecule has 3 aromatic heterocycles. The van der Waals surface area contributed by atoms with Crippen LogP contribution in [0.1, 0.15) is 10.4 Å². The van der Waals surface area contributed by atoms with Gasteiger partial charge in [-0.05, 0) is 48.5 Å². The quantitative estimate of drug-likeness (QED) is 0.557. The highest BCUT2D eigenvalue weighted by Crippen LogP contribution is 2.17. The lowest BCUT2D eigenvalue weighted by atomic mass is 10.2. The Morgan fingerprint density at radius 2 is 1.52 bits per heavy atom. The predicted octanol–water partition coefficient (Wildman–Crippen LogP) is 2.65. The number of benzene rings is 1. The third-order valence-corrected chi connectivity index (χ3v) is 3.98. The van der Waals surface area contributed by atoms with E-state index in [-0.39, 0.29) is 11.7 Å². The number of carbonyl (C=O) groups is 1. The molecule has 9 heteroatoms. The van der Waals surface area contributed by atoms with Gasteiger partial charge >= 0.3 is 0 Å². The minimum Gasteiger partial charge on any atom is -0.497 e. The van der Waals surface area contributed by atoms with Crippen molar-refractivity contribution in [2.75, 3.05) is 12.4 Å². The number of carbonyl (C=O) groups excluding carboxylic acids is 1. The topological polar surface area (TPSA) is 116 Å². The first-order chi connectivity index (χ1) is 14.2. The lowest BCUT2D eigenvalue weighted by molar-refractivity contribution is 0.102. The summed E-state index contributed by atoms with van der Waals surface area (Å²) in [6.45, 7) is 0. The van der Waals surface area contributed by atoms with Crippen LogP contribution in [0.15, 0.2) is 67.0 Å². The molecule has 0 atom stereocenters. The van der Waals surface area contributed by atoms with Crippen molar-refractivity contribution in [3.8, 4) is 28.8 Å². The molecule has 9 nitrogen and oxygen atoms in total. The highest BCUT2D eigenvalue weighted by molar-refractivity contribution is 6.04. The lowest BCUT2D eigenvalue weighted by Crippen LogP contribution is -2.12. The second-order valence-electron chi connectivity index (χ2n) is 5.88. The van der Waals surface area contributed by atoms with Crippen molar-refractivity contribution in [2.24, 2.45) is 0 Å². The van der Waals surface area contributed by atoms with E-state index in [4.69, 9.17) is 4.74 Å². The summed E-state index contributed by atoms with van der Waals surface area (Å²) in [5.74, 6) is 1.04. The van der Waals surface area contributed by atoms with Gasteiger partial charge in [-0.3, -0.25) is 14.8 Å². The normalized spacial score (nSPS) is 10.4. The van der Waals surface area contributed by atoms with Crippen molar-refractivity contribution in [3.63, 3.8) is 0 Å². The van der Waals surface area contributed by atoms with Gasteiger partial charge in [0.1, 0.15) is 17.1 Å². The van der Waals surface area contributed by atoms with Crippen molar-refractivity contribution in [1.82, 2.24) is 30.4 Å². The number of methoxy groups -OCH3 is 1. The summed E-state index contributed by atoms with van der Waals surface area (Å²) in [5.41, 5.74) is 2.13. The van der Waals surface area contributed by atoms with Gasteiger partial charge in [0, 0.05) is 11.8 Å². The maximum atomic E-state index is 12.3. The number of amides is 1. The van der Waals surface area contributed by atoms with E-state index in [1.165, 1.54) is 6.20 Å². The van der Waals surface area contributed by atoms with Gasteiger partial charge in [0.25, 0.3) is 5.91 Å². The molecule has 0 radical (unpaired) electrons. The summed E-state index contributed by atoms with van der Waals surface area (Å²) in [7, 11) is 1.57. The smallest absolute Gasteiger partial charge is 0.255 e. The van der Waals surface area contributed by atoms with Crippen molar-refractivity contribution in [3.05, 3.63) is 72.6 Å². The molecule has 0 saturated carbocycles. The third-order valence-electron chi connectivity index (χ3n) is 3.98. The molecule has 0 bridgehead atoms. The zero-order chi connectivity index (χ0) is 20.1. The van der Waals surface area contributed by atoms with Gasteiger partial charge in [-0.15, -0.1) is 20.4 Å². The number of hydrogen-bond acceptors (Lipinski definition) is 8. The highest BCUT2D eigenvalue weighted by Gasteiger charge is 2.10. The first kappa shape index (κ1) is 18.1. The Morgan fingerprint density at radius 1 is 0.828 bits per heavy atom. The number of aromatic nitrogens is 6. The van der Waals surface area contributed by atoms with Crippen LogP contribution < -0.4 is 10.1 Å². The molecule has 4 rings (SSSR count). The van der Waals surface area contributed by atoms with Gasteiger partial charge in [0.15, 0.2) is 0 Å². The van der Waals surface area contributed by atoms with Crippen LogP contribution in [0.4, 0.5) is 5.69 Å². The summed E-state index contributed by atoms with van der Waals surface area (Å²) in [6, 6.07) is 15.6. The standard InChI is InChI=1S/C20H15N7O2/c1-29-15-8-5-13(6-9-15)20(28)23-14-7-10-17(22-12-14)19-26-24-18(25-27-19)16-4-2-3-11-21-16/h2-12H,1H3,(H,23,28). The third kappa shape index (κ3) is 4.19. The van der Waals surface area contributed by atoms with Crippen LogP contribution in [0.2, 0.25) is 0 Å². The fourth-order valence-electron chi connectivity index (χ4n) is 2.48. The molecule has 4 aromatic rings. The molecule has 0 unspecified atom stereocenters. The Morgan fingerprint density at radius 3 is 2.07 bits per heavy atom. The highest BCUT2D eigenvalue weighted by atomic mass is 16.5. The Kier molecular flexibility index (Phi) is 5.10. The molecule has 0 aliphatic heterocycles. The zero-order valence-electron chi connectivity index (χ0n) is 15.4. The lowest BCUT2D eigenvalue weighted by Gasteiger charge is -2.06. The molecule has 0 saturated heterocycles. The van der Waals surface area contributed by atoms with Gasteiger partial charge in [-0.1, -0.05) is 6.07 Å². The second kappa shape index (κ2) is 8.17. The van der Waals surface area contributed by atoms with Gasteiger partial charge in [-0.2, -0.15) is 0 Å². The molecule has 142 valence electrons. The summed E-state index contributed by atoms with van der Waals surface area (Å²) >= 11 is 0. The molecule has 0 spiro atoms. The molecule has 0 aliphatic rings. The van der Waals surface area contributed by atoms with E-state index in [0.717, 1.165) is 0 Å². The zero-order valence-corrected chi connectivity index (χ0v) is 15.4. The molecule has 1 amide bonds. The minimum absolute atomic E-state index is 0.249. The fraction of sp³-hybridized carbons (Fsp3) is 0.0500. The number of anilines is 1. The number of nitrogens with zero attached hydrogens (tertiary/aromatic N) is 6. The number of nitrogens with one attached hydrogen (secondary N) is 1. The Bertz CT molecular complexity index is 1100. The molecule has 29 heavy (non-hydrogen) atoms. The van der Waals surface area contributed by atoms with Gasteiger partial charge < -0.3 is 10.1 Å². The van der Waals surface area contributed by atoms with Crippen LogP contribution in [0.3, 0.4) is 0 Å². The van der Waals surface area contributed by atoms with Crippen LogP contribution in [0, 0.1) is 0 Å². The molecule has 3 heterocycles. The van der Waals surface area contributed by atoms with Gasteiger partial charge in [0.05, 0.1) is 19.0 Å². The molecular weight excluding hydrogens is 370 g/mol. The number of pyridine rings is 2. The Labute approximate surface area is 165 Å². The molecule has 0 aliphatic carbocycles. The fourth-order valence-corrected chi connectivity index (χ4v) is 2.48. The van der Waals surface area contributed by atoms with Crippen LogP contribution in [0.5, 0.6) is 5.75 Å². The van der Waals surface area contributed by atoms with Crippen molar-refractivity contribution in [2.45, 2.75) is 0 Å². The number of rotatable bonds is 5. The maximum Gasteiger partial charge on any atom is 0.255 e. The Balaban J connectivity index is 1.45. The number of ether oxygens (including phenoxy) is 1. The average Bonchev–Trinajstić information content (AvgIpc) is 2.80. The monoisotopic (exact) mass is 385 g/mol. The van der Waals surface area contributed by atoms with E-state index >= 15 is 0 Å². The van der Waals surface area contributed by atoms with Crippen molar-refractivity contribution < 1.29 is 9.53 Å². The minimum atomic E-state index is -0.249. The maximum absolute atomic E-state index is 12.3. The van der Waals surface area contributed by atoms with E-state index in [9.17, 15) is 4.79 Å². The van der Waals surface area contributed by atoms with Crippen LogP contribution in [-0.2, 0) is 0 Å². The largest absolute Gasteiger partial charge is 0.497 e. The average molecular weight is 385 g/mol. The second-order valence-corrected chi connectivity index (χ2v) is 5.88. The first-order valence-corrected chi connectivity index (χ1v) is 8.63. The van der Waals surface area contributed by atoms with E-state index in [1.54, 1.807) is 61.8 Å². The SMILES string of the molecule is COc1ccc(C(=O)Nc2ccc(-c3nnc(-c4ccccn4)nn3)nc2)cc1. The Hall–Kier alpha value is -4.27. The summed E-state index contributed by atoms with van der Waals surface area (Å²) < 4.78 is 5.09. The van der Waals surface area contributed by atoms with Crippen molar-refractivity contribution in [1.29, 1.82) is 0 Å².